The summed E-state index contributed by atoms with van der Waals surface area (Å²) in [7, 11) is 0. The molecule has 5 nitrogen and oxygen atoms in total. The lowest BCUT2D eigenvalue weighted by molar-refractivity contribution is -0.143. The third-order valence-corrected chi connectivity index (χ3v) is 5.79. The zero-order valence-corrected chi connectivity index (χ0v) is 13.1. The molecule has 0 aromatic rings. The van der Waals surface area contributed by atoms with Crippen molar-refractivity contribution in [1.82, 2.24) is 5.32 Å². The van der Waals surface area contributed by atoms with E-state index < -0.39 is 11.5 Å². The van der Waals surface area contributed by atoms with Gasteiger partial charge < -0.3 is 10.4 Å². The molecule has 5 atom stereocenters. The quantitative estimate of drug-likeness (QED) is 0.831. The first kappa shape index (κ1) is 15.3. The number of carbonyl (C=O) groups is 3. The van der Waals surface area contributed by atoms with Crippen LogP contribution in [0.15, 0.2) is 11.6 Å². The fraction of sp³-hybridized carbons (Fsp3) is 0.706. The number of hydrogen-bond donors (Lipinski definition) is 2. The number of hydrogen-bond acceptors (Lipinski definition) is 3. The Balaban J connectivity index is 1.82. The number of allylic oxidation sites excluding steroid dienone is 1. The van der Waals surface area contributed by atoms with Crippen LogP contribution >= 0.6 is 0 Å². The highest BCUT2D eigenvalue weighted by atomic mass is 16.4. The van der Waals surface area contributed by atoms with E-state index in [9.17, 15) is 19.5 Å². The molecule has 0 bridgehead atoms. The Morgan fingerprint density at radius 1 is 1.41 bits per heavy atom. The molecule has 0 spiro atoms. The molecule has 0 aliphatic heterocycles. The molecule has 1 amide bonds. The van der Waals surface area contributed by atoms with Crippen molar-refractivity contribution in [2.24, 2.45) is 23.7 Å². The predicted octanol–water partition coefficient (Wildman–Crippen LogP) is 1.92. The molecule has 3 aliphatic carbocycles. The monoisotopic (exact) mass is 305 g/mol. The molecule has 0 aromatic heterocycles. The number of carboxylic acid groups (broad SMARTS) is 1. The van der Waals surface area contributed by atoms with Crippen molar-refractivity contribution in [2.75, 3.05) is 0 Å². The molecular weight excluding hydrogens is 282 g/mol. The third-order valence-electron chi connectivity index (χ3n) is 5.79. The minimum atomic E-state index is -1.10. The van der Waals surface area contributed by atoms with Gasteiger partial charge in [0, 0.05) is 17.9 Å². The highest BCUT2D eigenvalue weighted by Gasteiger charge is 2.59. The average molecular weight is 305 g/mol. The Labute approximate surface area is 130 Å². The Bertz CT molecular complexity index is 567. The molecule has 2 saturated carbocycles. The number of aliphatic carboxylic acids is 1. The smallest absolute Gasteiger partial charge is 0.329 e. The second-order valence-electron chi connectivity index (χ2n) is 7.08. The van der Waals surface area contributed by atoms with E-state index in [1.165, 1.54) is 0 Å². The zero-order chi connectivity index (χ0) is 16.1. The van der Waals surface area contributed by atoms with E-state index in [1.54, 1.807) is 0 Å². The van der Waals surface area contributed by atoms with Crippen molar-refractivity contribution < 1.29 is 19.5 Å². The lowest BCUT2D eigenvalue weighted by Crippen LogP contribution is -2.46. The standard InChI is InChI=1S/C17H23NO4/c1-3-10-6-12-11(4-5-14(12)19)13(7-10)15(20)18-17(16(21)22)8-9(17)2/h7,9-12H,3-6,8H2,1-2H3,(H,18,20)(H,21,22)/t9-,10+,11-,12-,17-/m0/s1. The summed E-state index contributed by atoms with van der Waals surface area (Å²) >= 11 is 0. The summed E-state index contributed by atoms with van der Waals surface area (Å²) in [6.07, 6.45) is 5.44. The molecule has 0 heterocycles. The fourth-order valence-corrected chi connectivity index (χ4v) is 4.10. The van der Waals surface area contributed by atoms with Crippen LogP contribution in [0.2, 0.25) is 0 Å². The van der Waals surface area contributed by atoms with Gasteiger partial charge in [0.2, 0.25) is 5.91 Å². The van der Waals surface area contributed by atoms with Crippen molar-refractivity contribution in [3.8, 4) is 0 Å². The van der Waals surface area contributed by atoms with Crippen LogP contribution in [0.4, 0.5) is 0 Å². The zero-order valence-electron chi connectivity index (χ0n) is 13.1. The molecule has 2 N–H and O–H groups in total. The van der Waals surface area contributed by atoms with Gasteiger partial charge in [-0.05, 0) is 43.4 Å². The fourth-order valence-electron chi connectivity index (χ4n) is 4.10. The average Bonchev–Trinajstić information content (AvgIpc) is 2.99. The first-order valence-corrected chi connectivity index (χ1v) is 8.19. The van der Waals surface area contributed by atoms with Gasteiger partial charge in [-0.1, -0.05) is 19.9 Å². The van der Waals surface area contributed by atoms with Crippen molar-refractivity contribution in [3.63, 3.8) is 0 Å². The lowest BCUT2D eigenvalue weighted by atomic mass is 9.74. The molecule has 120 valence electrons. The Morgan fingerprint density at radius 3 is 2.64 bits per heavy atom. The molecule has 22 heavy (non-hydrogen) atoms. The maximum Gasteiger partial charge on any atom is 0.329 e. The van der Waals surface area contributed by atoms with Gasteiger partial charge in [-0.15, -0.1) is 0 Å². The van der Waals surface area contributed by atoms with Crippen LogP contribution in [0.25, 0.3) is 0 Å². The summed E-state index contributed by atoms with van der Waals surface area (Å²) in [6.45, 7) is 3.89. The van der Waals surface area contributed by atoms with E-state index in [-0.39, 0.29) is 35.4 Å². The lowest BCUT2D eigenvalue weighted by Gasteiger charge is -2.30. The molecule has 3 rings (SSSR count). The van der Waals surface area contributed by atoms with Crippen molar-refractivity contribution in [3.05, 3.63) is 11.6 Å². The van der Waals surface area contributed by atoms with Gasteiger partial charge in [0.1, 0.15) is 11.3 Å². The van der Waals surface area contributed by atoms with E-state index in [1.807, 2.05) is 13.0 Å². The first-order chi connectivity index (χ1) is 10.4. The van der Waals surface area contributed by atoms with Gasteiger partial charge in [0.05, 0.1) is 0 Å². The van der Waals surface area contributed by atoms with E-state index in [2.05, 4.69) is 12.2 Å². The summed E-state index contributed by atoms with van der Waals surface area (Å²) in [4.78, 5) is 36.1. The Morgan fingerprint density at radius 2 is 2.09 bits per heavy atom. The number of Topliss-reactive ketones (excluding diaryl/α,β-unsaturated/α-hetero) is 1. The largest absolute Gasteiger partial charge is 0.479 e. The van der Waals surface area contributed by atoms with Gasteiger partial charge >= 0.3 is 5.97 Å². The minimum absolute atomic E-state index is 0.0183. The molecule has 0 saturated heterocycles. The maximum atomic E-state index is 12.7. The molecule has 3 aliphatic rings. The molecular formula is C17H23NO4. The normalized spacial score (nSPS) is 39.9. The van der Waals surface area contributed by atoms with Crippen LogP contribution in [-0.4, -0.2) is 28.3 Å². The van der Waals surface area contributed by atoms with Gasteiger partial charge in [-0.25, -0.2) is 4.79 Å². The highest BCUT2D eigenvalue weighted by molar-refractivity contribution is 6.00. The second kappa shape index (κ2) is 5.21. The SMILES string of the molecule is CC[C@H]1C=C(C(=O)N[C@@]2(C(=O)O)C[C@@H]2C)[C@H]2CCC(=O)[C@H]2C1. The summed E-state index contributed by atoms with van der Waals surface area (Å²) in [6, 6.07) is 0. The number of amides is 1. The van der Waals surface area contributed by atoms with Crippen molar-refractivity contribution in [1.29, 1.82) is 0 Å². The van der Waals surface area contributed by atoms with Crippen LogP contribution in [0.5, 0.6) is 0 Å². The Kier molecular flexibility index (Phi) is 3.62. The van der Waals surface area contributed by atoms with E-state index in [0.717, 1.165) is 19.3 Å². The van der Waals surface area contributed by atoms with Crippen LogP contribution in [-0.2, 0) is 14.4 Å². The van der Waals surface area contributed by atoms with Gasteiger partial charge in [0.15, 0.2) is 0 Å². The molecule has 5 heteroatoms. The molecule has 2 fully saturated rings. The van der Waals surface area contributed by atoms with Crippen LogP contribution < -0.4 is 5.32 Å². The molecule has 0 unspecified atom stereocenters. The van der Waals surface area contributed by atoms with Gasteiger partial charge in [-0.2, -0.15) is 0 Å². The number of ketones is 1. The van der Waals surface area contributed by atoms with Crippen LogP contribution in [0, 0.1) is 23.7 Å². The number of fused-ring (bicyclic) bond motifs is 1. The summed E-state index contributed by atoms with van der Waals surface area (Å²) in [5.41, 5.74) is -0.455. The summed E-state index contributed by atoms with van der Waals surface area (Å²) in [5, 5.41) is 12.1. The first-order valence-electron chi connectivity index (χ1n) is 8.19. The minimum Gasteiger partial charge on any atom is -0.479 e. The summed E-state index contributed by atoms with van der Waals surface area (Å²) < 4.78 is 0. The van der Waals surface area contributed by atoms with Crippen molar-refractivity contribution in [2.45, 2.75) is 51.5 Å². The second-order valence-corrected chi connectivity index (χ2v) is 7.08. The number of carboxylic acids is 1. The highest BCUT2D eigenvalue weighted by Crippen LogP contribution is 2.46. The van der Waals surface area contributed by atoms with E-state index >= 15 is 0 Å². The molecule has 0 aromatic carbocycles. The Hall–Kier alpha value is -1.65. The third kappa shape index (κ3) is 2.27. The number of rotatable bonds is 4. The van der Waals surface area contributed by atoms with Crippen molar-refractivity contribution >= 4 is 17.7 Å². The maximum absolute atomic E-state index is 12.7. The van der Waals surface area contributed by atoms with Gasteiger partial charge in [-0.3, -0.25) is 9.59 Å². The molecule has 0 radical (unpaired) electrons. The van der Waals surface area contributed by atoms with E-state index in [4.69, 9.17) is 0 Å². The predicted molar refractivity (Wildman–Crippen MR) is 80.0 cm³/mol. The van der Waals surface area contributed by atoms with E-state index in [0.29, 0.717) is 18.4 Å². The summed E-state index contributed by atoms with van der Waals surface area (Å²) in [5.74, 6) is -0.856. The van der Waals surface area contributed by atoms with Crippen LogP contribution in [0.3, 0.4) is 0 Å². The van der Waals surface area contributed by atoms with Crippen LogP contribution in [0.1, 0.15) is 46.0 Å². The number of carbonyl (C=O) groups excluding carboxylic acids is 2. The van der Waals surface area contributed by atoms with Gasteiger partial charge in [0.25, 0.3) is 0 Å². The topological polar surface area (TPSA) is 83.5 Å². The number of nitrogens with one attached hydrogen (secondary N) is 1.